The maximum absolute atomic E-state index is 12.0. The van der Waals surface area contributed by atoms with E-state index in [1.165, 1.54) is 0 Å². The third-order valence-electron chi connectivity index (χ3n) is 3.02. The molecule has 0 radical (unpaired) electrons. The second-order valence-electron chi connectivity index (χ2n) is 5.70. The van der Waals surface area contributed by atoms with E-state index in [1.807, 2.05) is 20.8 Å². The van der Waals surface area contributed by atoms with Crippen LogP contribution < -0.4 is 21.3 Å². The minimum atomic E-state index is -0.342. The number of para-hydroxylation sites is 2. The van der Waals surface area contributed by atoms with Gasteiger partial charge in [-0.1, -0.05) is 19.1 Å². The van der Waals surface area contributed by atoms with Crippen LogP contribution in [0.4, 0.5) is 16.2 Å². The van der Waals surface area contributed by atoms with Crippen LogP contribution in [-0.2, 0) is 9.59 Å². The van der Waals surface area contributed by atoms with Gasteiger partial charge in [0.1, 0.15) is 0 Å². The number of urea groups is 1. The van der Waals surface area contributed by atoms with Crippen LogP contribution in [0.2, 0.25) is 0 Å². The van der Waals surface area contributed by atoms with Gasteiger partial charge in [-0.2, -0.15) is 0 Å². The molecule has 7 heteroatoms. The minimum absolute atomic E-state index is 0.00777. The average molecular weight is 334 g/mol. The van der Waals surface area contributed by atoms with Gasteiger partial charge in [0.2, 0.25) is 11.8 Å². The van der Waals surface area contributed by atoms with E-state index in [1.54, 1.807) is 24.3 Å². The second-order valence-corrected chi connectivity index (χ2v) is 5.70. The first-order valence-corrected chi connectivity index (χ1v) is 8.15. The van der Waals surface area contributed by atoms with E-state index in [2.05, 4.69) is 21.3 Å². The summed E-state index contributed by atoms with van der Waals surface area (Å²) in [6, 6.07) is 6.58. The molecule has 0 atom stereocenters. The molecular weight excluding hydrogens is 308 g/mol. The van der Waals surface area contributed by atoms with Gasteiger partial charge in [-0.15, -0.1) is 0 Å². The van der Waals surface area contributed by atoms with Gasteiger partial charge >= 0.3 is 6.03 Å². The van der Waals surface area contributed by atoms with Gasteiger partial charge in [0.25, 0.3) is 0 Å². The maximum atomic E-state index is 12.0. The summed E-state index contributed by atoms with van der Waals surface area (Å²) < 4.78 is 0. The number of benzene rings is 1. The Bertz CT molecular complexity index is 573. The fourth-order valence-corrected chi connectivity index (χ4v) is 1.91. The molecule has 0 fully saturated rings. The van der Waals surface area contributed by atoms with Crippen molar-refractivity contribution >= 4 is 29.2 Å². The molecular formula is C17H26N4O3. The lowest BCUT2D eigenvalue weighted by atomic mass is 10.2. The largest absolute Gasteiger partial charge is 0.356 e. The van der Waals surface area contributed by atoms with E-state index in [-0.39, 0.29) is 36.7 Å². The summed E-state index contributed by atoms with van der Waals surface area (Å²) in [4.78, 5) is 35.3. The molecule has 4 N–H and O–H groups in total. The molecule has 0 bridgehead atoms. The summed E-state index contributed by atoms with van der Waals surface area (Å²) in [5.41, 5.74) is 0.995. The lowest BCUT2D eigenvalue weighted by Gasteiger charge is -2.14. The Morgan fingerprint density at radius 3 is 2.12 bits per heavy atom. The van der Waals surface area contributed by atoms with Gasteiger partial charge in [-0.05, 0) is 32.4 Å². The number of nitrogens with one attached hydrogen (secondary N) is 4. The SMILES string of the molecule is CCCNC(=O)CCC(=O)Nc1ccccc1NC(=O)NC(C)C. The van der Waals surface area contributed by atoms with Crippen LogP contribution >= 0.6 is 0 Å². The summed E-state index contributed by atoms with van der Waals surface area (Å²) in [6.07, 6.45) is 1.08. The molecule has 0 saturated heterocycles. The Balaban J connectivity index is 2.56. The topological polar surface area (TPSA) is 99.3 Å². The highest BCUT2D eigenvalue weighted by molar-refractivity contribution is 5.99. The molecule has 0 aliphatic rings. The first kappa shape index (κ1) is 19.5. The molecule has 0 heterocycles. The highest BCUT2D eigenvalue weighted by Gasteiger charge is 2.11. The van der Waals surface area contributed by atoms with Crippen molar-refractivity contribution in [2.75, 3.05) is 17.2 Å². The summed E-state index contributed by atoms with van der Waals surface area (Å²) in [6.45, 7) is 6.29. The third-order valence-corrected chi connectivity index (χ3v) is 3.02. The van der Waals surface area contributed by atoms with Crippen molar-refractivity contribution in [1.82, 2.24) is 10.6 Å². The number of carbonyl (C=O) groups excluding carboxylic acids is 3. The van der Waals surface area contributed by atoms with Crippen molar-refractivity contribution in [1.29, 1.82) is 0 Å². The predicted molar refractivity (Wildman–Crippen MR) is 94.9 cm³/mol. The molecule has 0 saturated carbocycles. The summed E-state index contributed by atoms with van der Waals surface area (Å²) in [7, 11) is 0. The van der Waals surface area contributed by atoms with Crippen molar-refractivity contribution in [3.8, 4) is 0 Å². The van der Waals surface area contributed by atoms with Crippen molar-refractivity contribution in [2.45, 2.75) is 46.1 Å². The van der Waals surface area contributed by atoms with Gasteiger partial charge in [0.05, 0.1) is 11.4 Å². The average Bonchev–Trinajstić information content (AvgIpc) is 2.52. The fraction of sp³-hybridized carbons (Fsp3) is 0.471. The first-order chi connectivity index (χ1) is 11.4. The van der Waals surface area contributed by atoms with Crippen LogP contribution in [0.3, 0.4) is 0 Å². The number of hydrogen-bond donors (Lipinski definition) is 4. The van der Waals surface area contributed by atoms with E-state index in [9.17, 15) is 14.4 Å². The maximum Gasteiger partial charge on any atom is 0.319 e. The molecule has 0 spiro atoms. The number of hydrogen-bond acceptors (Lipinski definition) is 3. The Labute approximate surface area is 142 Å². The Hall–Kier alpha value is -2.57. The van der Waals surface area contributed by atoms with E-state index in [0.717, 1.165) is 6.42 Å². The Morgan fingerprint density at radius 1 is 0.958 bits per heavy atom. The third kappa shape index (κ3) is 7.62. The molecule has 7 nitrogen and oxygen atoms in total. The van der Waals surface area contributed by atoms with Crippen molar-refractivity contribution in [2.24, 2.45) is 0 Å². The zero-order valence-corrected chi connectivity index (χ0v) is 14.4. The monoisotopic (exact) mass is 334 g/mol. The van der Waals surface area contributed by atoms with E-state index in [0.29, 0.717) is 17.9 Å². The Kier molecular flexibility index (Phi) is 8.32. The molecule has 0 aliphatic heterocycles. The minimum Gasteiger partial charge on any atom is -0.356 e. The highest BCUT2D eigenvalue weighted by atomic mass is 16.2. The normalized spacial score (nSPS) is 10.2. The van der Waals surface area contributed by atoms with Gasteiger partial charge in [0.15, 0.2) is 0 Å². The molecule has 1 rings (SSSR count). The Morgan fingerprint density at radius 2 is 1.54 bits per heavy atom. The van der Waals surface area contributed by atoms with Crippen LogP contribution in [-0.4, -0.2) is 30.4 Å². The van der Waals surface area contributed by atoms with Gasteiger partial charge in [-0.3, -0.25) is 9.59 Å². The van der Waals surface area contributed by atoms with Gasteiger partial charge in [0, 0.05) is 25.4 Å². The summed E-state index contributed by atoms with van der Waals surface area (Å²) >= 11 is 0. The molecule has 0 unspecified atom stereocenters. The van der Waals surface area contributed by atoms with Crippen LogP contribution in [0.5, 0.6) is 0 Å². The van der Waals surface area contributed by atoms with Crippen LogP contribution in [0, 0.1) is 0 Å². The quantitative estimate of drug-likeness (QED) is 0.587. The lowest BCUT2D eigenvalue weighted by molar-refractivity contribution is -0.124. The zero-order chi connectivity index (χ0) is 17.9. The smallest absolute Gasteiger partial charge is 0.319 e. The molecule has 1 aromatic carbocycles. The molecule has 0 aromatic heterocycles. The molecule has 132 valence electrons. The molecule has 1 aromatic rings. The van der Waals surface area contributed by atoms with E-state index in [4.69, 9.17) is 0 Å². The number of anilines is 2. The van der Waals surface area contributed by atoms with Crippen molar-refractivity contribution in [3.63, 3.8) is 0 Å². The van der Waals surface area contributed by atoms with Gasteiger partial charge in [-0.25, -0.2) is 4.79 Å². The second kappa shape index (κ2) is 10.3. The lowest BCUT2D eigenvalue weighted by Crippen LogP contribution is -2.34. The number of amides is 4. The first-order valence-electron chi connectivity index (χ1n) is 8.15. The van der Waals surface area contributed by atoms with E-state index < -0.39 is 0 Å². The molecule has 24 heavy (non-hydrogen) atoms. The molecule has 4 amide bonds. The van der Waals surface area contributed by atoms with Crippen LogP contribution in [0.25, 0.3) is 0 Å². The standard InChI is InChI=1S/C17H26N4O3/c1-4-11-18-15(22)9-10-16(23)20-13-7-5-6-8-14(13)21-17(24)19-12(2)3/h5-8,12H,4,9-11H2,1-3H3,(H,18,22)(H,20,23)(H2,19,21,24). The van der Waals surface area contributed by atoms with Gasteiger partial charge < -0.3 is 21.3 Å². The van der Waals surface area contributed by atoms with Crippen LogP contribution in [0.15, 0.2) is 24.3 Å². The number of rotatable bonds is 8. The summed E-state index contributed by atoms with van der Waals surface area (Å²) in [5, 5.41) is 10.9. The highest BCUT2D eigenvalue weighted by Crippen LogP contribution is 2.21. The van der Waals surface area contributed by atoms with Crippen LogP contribution in [0.1, 0.15) is 40.0 Å². The van der Waals surface area contributed by atoms with Crippen molar-refractivity contribution in [3.05, 3.63) is 24.3 Å². The fourth-order valence-electron chi connectivity index (χ4n) is 1.91. The van der Waals surface area contributed by atoms with E-state index >= 15 is 0 Å². The number of carbonyl (C=O) groups is 3. The summed E-state index contributed by atoms with van der Waals surface area (Å²) in [5.74, 6) is -0.421. The van der Waals surface area contributed by atoms with Crippen molar-refractivity contribution < 1.29 is 14.4 Å². The zero-order valence-electron chi connectivity index (χ0n) is 14.4. The predicted octanol–water partition coefficient (Wildman–Crippen LogP) is 2.46. The molecule has 0 aliphatic carbocycles.